The molecule has 0 atom stereocenters. The number of aromatic nitrogens is 1. The number of nitro groups is 1. The van der Waals surface area contributed by atoms with Gasteiger partial charge in [-0.1, -0.05) is 15.9 Å². The van der Waals surface area contributed by atoms with Crippen LogP contribution in [0.15, 0.2) is 6.07 Å². The van der Waals surface area contributed by atoms with Gasteiger partial charge in [0.25, 0.3) is 12.1 Å². The first-order chi connectivity index (χ1) is 7.51. The summed E-state index contributed by atoms with van der Waals surface area (Å²) in [7, 11) is 0. The fourth-order valence-corrected chi connectivity index (χ4v) is 1.59. The van der Waals surface area contributed by atoms with Crippen molar-refractivity contribution in [3.8, 4) is 6.07 Å². The zero-order valence-corrected chi connectivity index (χ0v) is 9.24. The predicted molar refractivity (Wildman–Crippen MR) is 53.2 cm³/mol. The highest BCUT2D eigenvalue weighted by atomic mass is 79.9. The smallest absolute Gasteiger partial charge is 0.358 e. The molecule has 5 nitrogen and oxygen atoms in total. The predicted octanol–water partition coefficient (Wildman–Crippen LogP) is 2.69. The average molecular weight is 292 g/mol. The summed E-state index contributed by atoms with van der Waals surface area (Å²) in [5, 5.41) is 19.0. The average Bonchev–Trinajstić information content (AvgIpc) is 2.26. The fourth-order valence-electron chi connectivity index (χ4n) is 1.13. The van der Waals surface area contributed by atoms with Gasteiger partial charge < -0.3 is 10.1 Å². The molecule has 0 fully saturated rings. The third-order valence-electron chi connectivity index (χ3n) is 1.79. The van der Waals surface area contributed by atoms with Crippen LogP contribution < -0.4 is 0 Å². The summed E-state index contributed by atoms with van der Waals surface area (Å²) in [4.78, 5) is 12.9. The van der Waals surface area contributed by atoms with Crippen LogP contribution in [-0.4, -0.2) is 9.91 Å². The summed E-state index contributed by atoms with van der Waals surface area (Å²) in [5.74, 6) is -0.615. The lowest BCUT2D eigenvalue weighted by Crippen LogP contribution is -2.03. The van der Waals surface area contributed by atoms with E-state index in [-0.39, 0.29) is 10.9 Å². The van der Waals surface area contributed by atoms with Crippen molar-refractivity contribution in [2.75, 3.05) is 0 Å². The zero-order valence-electron chi connectivity index (χ0n) is 7.65. The van der Waals surface area contributed by atoms with Gasteiger partial charge in [0.05, 0.1) is 5.56 Å². The van der Waals surface area contributed by atoms with Crippen LogP contribution in [0.4, 0.5) is 14.6 Å². The molecular weight excluding hydrogens is 288 g/mol. The number of nitrogens with zero attached hydrogens (tertiary/aromatic N) is 3. The molecule has 0 N–H and O–H groups in total. The molecule has 0 unspecified atom stereocenters. The van der Waals surface area contributed by atoms with Gasteiger partial charge >= 0.3 is 5.82 Å². The first-order valence-electron chi connectivity index (χ1n) is 3.93. The van der Waals surface area contributed by atoms with Crippen LogP contribution >= 0.6 is 15.9 Å². The second-order valence-corrected chi connectivity index (χ2v) is 3.27. The number of rotatable bonds is 3. The number of pyridine rings is 1. The third-order valence-corrected chi connectivity index (χ3v) is 2.39. The van der Waals surface area contributed by atoms with Gasteiger partial charge in [0.1, 0.15) is 6.07 Å². The minimum Gasteiger partial charge on any atom is -0.358 e. The van der Waals surface area contributed by atoms with Crippen LogP contribution in [0.3, 0.4) is 0 Å². The SMILES string of the molecule is N#Cc1nc([N+](=O)[O-])cc(CBr)c1C(F)F. The molecule has 1 heterocycles. The minimum atomic E-state index is -2.89. The Morgan fingerprint density at radius 3 is 2.69 bits per heavy atom. The van der Waals surface area contributed by atoms with Gasteiger partial charge in [0.2, 0.25) is 0 Å². The second kappa shape index (κ2) is 4.94. The van der Waals surface area contributed by atoms with E-state index in [1.165, 1.54) is 6.07 Å². The summed E-state index contributed by atoms with van der Waals surface area (Å²) >= 11 is 2.93. The first-order valence-corrected chi connectivity index (χ1v) is 5.05. The van der Waals surface area contributed by atoms with E-state index in [0.29, 0.717) is 0 Å². The maximum absolute atomic E-state index is 12.6. The molecule has 0 aromatic carbocycles. The summed E-state index contributed by atoms with van der Waals surface area (Å²) in [6.07, 6.45) is -2.89. The Morgan fingerprint density at radius 1 is 1.69 bits per heavy atom. The van der Waals surface area contributed by atoms with E-state index in [0.717, 1.165) is 6.07 Å². The number of halogens is 3. The van der Waals surface area contributed by atoms with E-state index >= 15 is 0 Å². The van der Waals surface area contributed by atoms with Crippen LogP contribution in [0.5, 0.6) is 0 Å². The highest BCUT2D eigenvalue weighted by molar-refractivity contribution is 9.08. The molecule has 0 saturated heterocycles. The Morgan fingerprint density at radius 2 is 2.31 bits per heavy atom. The van der Waals surface area contributed by atoms with Crippen molar-refractivity contribution in [1.29, 1.82) is 5.26 Å². The summed E-state index contributed by atoms with van der Waals surface area (Å²) < 4.78 is 25.2. The van der Waals surface area contributed by atoms with Crippen molar-refractivity contribution in [3.05, 3.63) is 33.0 Å². The van der Waals surface area contributed by atoms with Gasteiger partial charge in [-0.25, -0.2) is 8.78 Å². The third kappa shape index (κ3) is 2.30. The molecule has 16 heavy (non-hydrogen) atoms. The van der Waals surface area contributed by atoms with Crippen LogP contribution in [0.2, 0.25) is 0 Å². The Balaban J connectivity index is 3.51. The Kier molecular flexibility index (Phi) is 3.84. The van der Waals surface area contributed by atoms with Gasteiger partial charge in [-0.2, -0.15) is 5.26 Å². The van der Waals surface area contributed by atoms with Crippen LogP contribution in [0.25, 0.3) is 0 Å². The maximum Gasteiger partial charge on any atom is 0.365 e. The monoisotopic (exact) mass is 291 g/mol. The standard InChI is InChI=1S/C8H4BrF2N3O2/c9-2-4-1-6(14(15)16)13-5(3-12)7(4)8(10)11/h1,8H,2H2. The number of nitriles is 1. The van der Waals surface area contributed by atoms with E-state index in [1.807, 2.05) is 0 Å². The minimum absolute atomic E-state index is 0.00625. The van der Waals surface area contributed by atoms with Gasteiger partial charge in [0, 0.05) is 11.4 Å². The zero-order chi connectivity index (χ0) is 12.3. The molecule has 1 rings (SSSR count). The Hall–Kier alpha value is -1.62. The Labute approximate surface area is 97.0 Å². The van der Waals surface area contributed by atoms with Crippen molar-refractivity contribution >= 4 is 21.7 Å². The van der Waals surface area contributed by atoms with E-state index in [2.05, 4.69) is 20.9 Å². The number of alkyl halides is 3. The second-order valence-electron chi connectivity index (χ2n) is 2.71. The van der Waals surface area contributed by atoms with Crippen molar-refractivity contribution < 1.29 is 13.7 Å². The highest BCUT2D eigenvalue weighted by Crippen LogP contribution is 2.29. The number of hydrogen-bond acceptors (Lipinski definition) is 4. The molecule has 0 radical (unpaired) electrons. The lowest BCUT2D eigenvalue weighted by molar-refractivity contribution is -0.389. The maximum atomic E-state index is 12.6. The quantitative estimate of drug-likeness (QED) is 0.487. The molecule has 1 aromatic heterocycles. The van der Waals surface area contributed by atoms with Gasteiger partial charge in [0.15, 0.2) is 0 Å². The molecule has 0 aliphatic rings. The molecule has 0 bridgehead atoms. The number of hydrogen-bond donors (Lipinski definition) is 0. The molecule has 84 valence electrons. The van der Waals surface area contributed by atoms with E-state index in [9.17, 15) is 18.9 Å². The van der Waals surface area contributed by atoms with Crippen molar-refractivity contribution in [3.63, 3.8) is 0 Å². The topological polar surface area (TPSA) is 79.8 Å². The first kappa shape index (κ1) is 12.4. The summed E-state index contributed by atoms with van der Waals surface area (Å²) in [6.45, 7) is 0. The fraction of sp³-hybridized carbons (Fsp3) is 0.250. The van der Waals surface area contributed by atoms with Crippen LogP contribution in [0.1, 0.15) is 23.2 Å². The van der Waals surface area contributed by atoms with Crippen LogP contribution in [0, 0.1) is 21.4 Å². The largest absolute Gasteiger partial charge is 0.365 e. The Bertz CT molecular complexity index is 473. The van der Waals surface area contributed by atoms with Crippen LogP contribution in [-0.2, 0) is 5.33 Å². The molecule has 0 aliphatic carbocycles. The summed E-state index contributed by atoms with van der Waals surface area (Å²) in [5.41, 5.74) is -1.18. The van der Waals surface area contributed by atoms with Crippen molar-refractivity contribution in [2.24, 2.45) is 0 Å². The van der Waals surface area contributed by atoms with Crippen molar-refractivity contribution in [2.45, 2.75) is 11.8 Å². The van der Waals surface area contributed by atoms with E-state index in [1.54, 1.807) is 0 Å². The van der Waals surface area contributed by atoms with E-state index in [4.69, 9.17) is 5.26 Å². The normalized spacial score (nSPS) is 10.2. The lowest BCUT2D eigenvalue weighted by atomic mass is 10.1. The summed E-state index contributed by atoms with van der Waals surface area (Å²) in [6, 6.07) is 2.36. The molecule has 0 aliphatic heterocycles. The van der Waals surface area contributed by atoms with E-state index < -0.39 is 28.4 Å². The molecule has 0 saturated carbocycles. The molecular formula is C8H4BrF2N3O2. The lowest BCUT2D eigenvalue weighted by Gasteiger charge is -2.05. The molecule has 1 aromatic rings. The van der Waals surface area contributed by atoms with Gasteiger partial charge in [-0.15, -0.1) is 0 Å². The molecule has 0 amide bonds. The van der Waals surface area contributed by atoms with Gasteiger partial charge in [-0.3, -0.25) is 0 Å². The molecule has 0 spiro atoms. The molecule has 8 heteroatoms. The van der Waals surface area contributed by atoms with Gasteiger partial charge in [-0.05, 0) is 15.5 Å². The highest BCUT2D eigenvalue weighted by Gasteiger charge is 2.25. The van der Waals surface area contributed by atoms with Crippen molar-refractivity contribution in [1.82, 2.24) is 4.98 Å².